The van der Waals surface area contributed by atoms with E-state index < -0.39 is 0 Å². The van der Waals surface area contributed by atoms with Gasteiger partial charge in [0.2, 0.25) is 0 Å². The van der Waals surface area contributed by atoms with E-state index in [1.54, 1.807) is 48.5 Å². The highest BCUT2D eigenvalue weighted by Crippen LogP contribution is 2.21. The summed E-state index contributed by atoms with van der Waals surface area (Å²) >= 11 is 3.31. The second kappa shape index (κ2) is 8.82. The molecule has 1 heterocycles. The Balaban J connectivity index is 1.63. The van der Waals surface area contributed by atoms with Crippen LogP contribution >= 0.6 is 15.9 Å². The minimum atomic E-state index is -0.377. The van der Waals surface area contributed by atoms with Crippen LogP contribution in [0.3, 0.4) is 0 Å². The van der Waals surface area contributed by atoms with Gasteiger partial charge in [-0.2, -0.15) is 0 Å². The first-order chi connectivity index (χ1) is 13.6. The fraction of sp³-hybridized carbons (Fsp3) is 0. The lowest BCUT2D eigenvalue weighted by molar-refractivity contribution is 0.0954. The second-order valence-electron chi connectivity index (χ2n) is 5.49. The summed E-state index contributed by atoms with van der Waals surface area (Å²) < 4.78 is 0.649. The zero-order valence-electron chi connectivity index (χ0n) is 14.4. The molecule has 6 N–H and O–H groups in total. The molecule has 0 saturated carbocycles. The van der Waals surface area contributed by atoms with E-state index in [0.29, 0.717) is 15.6 Å². The van der Waals surface area contributed by atoms with Crippen molar-refractivity contribution in [1.82, 2.24) is 20.8 Å². The van der Waals surface area contributed by atoms with E-state index in [1.807, 2.05) is 6.07 Å². The Bertz CT molecular complexity index is 998. The lowest BCUT2D eigenvalue weighted by Gasteiger charge is -2.14. The third-order valence-electron chi connectivity index (χ3n) is 3.63. The Morgan fingerprint density at radius 2 is 1.39 bits per heavy atom. The number of nitrogens with two attached hydrogens (primary N) is 1. The number of carbonyl (C=O) groups excluding carboxylic acids is 2. The van der Waals surface area contributed by atoms with Crippen molar-refractivity contribution in [2.75, 3.05) is 16.6 Å². The second-order valence-corrected chi connectivity index (χ2v) is 6.34. The largest absolute Gasteiger partial charge is 0.393 e. The molecule has 0 fully saturated rings. The molecule has 0 aliphatic rings. The number of hydrogen-bond donors (Lipinski definition) is 5. The maximum Gasteiger partial charge on any atom is 0.270 e. The van der Waals surface area contributed by atoms with Crippen LogP contribution in [0.25, 0.3) is 0 Å². The van der Waals surface area contributed by atoms with Crippen LogP contribution in [0.2, 0.25) is 0 Å². The molecule has 9 nitrogen and oxygen atoms in total. The summed E-state index contributed by atoms with van der Waals surface area (Å²) in [5.41, 5.74) is 17.3. The zero-order valence-corrected chi connectivity index (χ0v) is 16.0. The Hall–Kier alpha value is -3.66. The predicted octanol–water partition coefficient (Wildman–Crippen LogP) is 2.34. The van der Waals surface area contributed by atoms with Crippen LogP contribution in [0.15, 0.2) is 65.4 Å². The van der Waals surface area contributed by atoms with Gasteiger partial charge in [0.15, 0.2) is 11.6 Å². The lowest BCUT2D eigenvalue weighted by Crippen LogP contribution is -2.32. The van der Waals surface area contributed by atoms with Crippen molar-refractivity contribution in [3.63, 3.8) is 0 Å². The van der Waals surface area contributed by atoms with E-state index in [2.05, 4.69) is 47.6 Å². The number of hydrogen-bond acceptors (Lipinski definition) is 7. The molecule has 2 aromatic carbocycles. The predicted molar refractivity (Wildman–Crippen MR) is 109 cm³/mol. The molecule has 0 unspecified atom stereocenters. The van der Waals surface area contributed by atoms with Crippen molar-refractivity contribution >= 4 is 45.1 Å². The number of nitrogen functional groups attached to an aromatic ring is 1. The average molecular weight is 442 g/mol. The topological polar surface area (TPSA) is 134 Å². The molecule has 2 amide bonds. The molecular weight excluding hydrogens is 426 g/mol. The fourth-order valence-electron chi connectivity index (χ4n) is 2.20. The third kappa shape index (κ3) is 4.54. The van der Waals surface area contributed by atoms with Gasteiger partial charge >= 0.3 is 0 Å². The summed E-state index contributed by atoms with van der Waals surface area (Å²) in [6.45, 7) is 0. The molecule has 0 atom stereocenters. The molecule has 0 saturated heterocycles. The van der Waals surface area contributed by atoms with Gasteiger partial charge in [-0.3, -0.25) is 31.3 Å². The van der Waals surface area contributed by atoms with Crippen molar-refractivity contribution in [2.45, 2.75) is 0 Å². The normalized spacial score (nSPS) is 10.0. The van der Waals surface area contributed by atoms with Gasteiger partial charge in [-0.15, -0.1) is 0 Å². The Morgan fingerprint density at radius 3 is 2.04 bits per heavy atom. The van der Waals surface area contributed by atoms with Gasteiger partial charge in [-0.25, -0.2) is 9.97 Å². The highest BCUT2D eigenvalue weighted by atomic mass is 79.9. The summed E-state index contributed by atoms with van der Waals surface area (Å²) in [4.78, 5) is 32.3. The maximum absolute atomic E-state index is 12.2. The van der Waals surface area contributed by atoms with Gasteiger partial charge in [0.1, 0.15) is 12.0 Å². The molecule has 0 aliphatic heterocycles. The molecule has 0 radical (unpaired) electrons. The Labute approximate surface area is 168 Å². The van der Waals surface area contributed by atoms with E-state index in [1.165, 1.54) is 6.33 Å². The molecule has 28 heavy (non-hydrogen) atoms. The summed E-state index contributed by atoms with van der Waals surface area (Å²) in [7, 11) is 0. The van der Waals surface area contributed by atoms with Crippen LogP contribution in [0.5, 0.6) is 0 Å². The smallest absolute Gasteiger partial charge is 0.270 e. The summed E-state index contributed by atoms with van der Waals surface area (Å²) in [5, 5.41) is 0. The number of halogens is 1. The molecule has 3 aromatic rings. The number of carbonyl (C=O) groups is 2. The molecule has 3 rings (SSSR count). The van der Waals surface area contributed by atoms with E-state index in [-0.39, 0.29) is 29.1 Å². The number of benzene rings is 2. The summed E-state index contributed by atoms with van der Waals surface area (Å²) in [6, 6.07) is 15.6. The summed E-state index contributed by atoms with van der Waals surface area (Å²) in [5.74, 6) is -0.378. The molecule has 0 spiro atoms. The van der Waals surface area contributed by atoms with Crippen molar-refractivity contribution in [1.29, 1.82) is 0 Å². The first-order valence-corrected chi connectivity index (χ1v) is 8.88. The fourth-order valence-corrected chi connectivity index (χ4v) is 2.67. The highest BCUT2D eigenvalue weighted by Gasteiger charge is 2.12. The number of amides is 2. The van der Waals surface area contributed by atoms with Gasteiger partial charge in [-0.05, 0) is 40.2 Å². The standard InChI is InChI=1S/C18H16BrN7O2/c19-13-9-5-4-8-12(13)18(28)26-24-16-14(20)15(21-10-22-16)23-25-17(27)11-6-2-1-3-7-11/h1-10H,20H2,(H,25,27)(H,26,28)(H2,21,22,23,24). The first-order valence-electron chi connectivity index (χ1n) is 8.09. The van der Waals surface area contributed by atoms with Crippen LogP contribution in [-0.2, 0) is 0 Å². The van der Waals surface area contributed by atoms with E-state index in [4.69, 9.17) is 5.73 Å². The minimum Gasteiger partial charge on any atom is -0.393 e. The van der Waals surface area contributed by atoms with Crippen molar-refractivity contribution in [2.24, 2.45) is 0 Å². The SMILES string of the molecule is Nc1c(NNC(=O)c2ccccc2)ncnc1NNC(=O)c1ccccc1Br. The van der Waals surface area contributed by atoms with Crippen molar-refractivity contribution < 1.29 is 9.59 Å². The number of nitrogens with zero attached hydrogens (tertiary/aromatic N) is 2. The van der Waals surface area contributed by atoms with E-state index in [9.17, 15) is 9.59 Å². The van der Waals surface area contributed by atoms with Crippen molar-refractivity contribution in [3.8, 4) is 0 Å². The molecule has 10 heteroatoms. The molecule has 1 aromatic heterocycles. The first kappa shape index (κ1) is 19.1. The number of aromatic nitrogens is 2. The average Bonchev–Trinajstić information content (AvgIpc) is 2.72. The van der Waals surface area contributed by atoms with Gasteiger partial charge in [0.05, 0.1) is 5.56 Å². The quantitative estimate of drug-likeness (QED) is 0.370. The van der Waals surface area contributed by atoms with Crippen LogP contribution in [0.4, 0.5) is 17.3 Å². The monoisotopic (exact) mass is 441 g/mol. The number of rotatable bonds is 6. The number of nitrogens with one attached hydrogen (secondary N) is 4. The molecule has 0 bridgehead atoms. The van der Waals surface area contributed by atoms with Crippen LogP contribution in [0, 0.1) is 0 Å². The van der Waals surface area contributed by atoms with Crippen LogP contribution in [0.1, 0.15) is 20.7 Å². The van der Waals surface area contributed by atoms with Gasteiger partial charge in [-0.1, -0.05) is 30.3 Å². The third-order valence-corrected chi connectivity index (χ3v) is 4.32. The van der Waals surface area contributed by atoms with Gasteiger partial charge in [0.25, 0.3) is 11.8 Å². The van der Waals surface area contributed by atoms with Gasteiger partial charge < -0.3 is 5.73 Å². The minimum absolute atomic E-state index is 0.114. The van der Waals surface area contributed by atoms with Gasteiger partial charge in [0, 0.05) is 10.0 Å². The maximum atomic E-state index is 12.2. The lowest BCUT2D eigenvalue weighted by atomic mass is 10.2. The number of hydrazine groups is 2. The molecular formula is C18H16BrN7O2. The summed E-state index contributed by atoms with van der Waals surface area (Å²) in [6.07, 6.45) is 1.24. The molecule has 0 aliphatic carbocycles. The van der Waals surface area contributed by atoms with E-state index >= 15 is 0 Å². The molecule has 142 valence electrons. The zero-order chi connectivity index (χ0) is 19.9. The van der Waals surface area contributed by atoms with E-state index in [0.717, 1.165) is 0 Å². The van der Waals surface area contributed by atoms with Crippen LogP contribution < -0.4 is 27.4 Å². The van der Waals surface area contributed by atoms with Crippen molar-refractivity contribution in [3.05, 3.63) is 76.5 Å². The Kier molecular flexibility index (Phi) is 6.02. The van der Waals surface area contributed by atoms with Crippen LogP contribution in [-0.4, -0.2) is 21.8 Å². The number of anilines is 3. The Morgan fingerprint density at radius 1 is 0.821 bits per heavy atom. The highest BCUT2D eigenvalue weighted by molar-refractivity contribution is 9.10.